The molecule has 28 heavy (non-hydrogen) atoms. The Labute approximate surface area is 171 Å². The summed E-state index contributed by atoms with van der Waals surface area (Å²) in [6, 6.07) is 6.84. The lowest BCUT2D eigenvalue weighted by Crippen LogP contribution is -2.30. The lowest BCUT2D eigenvalue weighted by atomic mass is 10.2. The maximum atomic E-state index is 12.0. The Morgan fingerprint density at radius 3 is 2.68 bits per heavy atom. The van der Waals surface area contributed by atoms with Crippen molar-refractivity contribution in [1.82, 2.24) is 10.3 Å². The summed E-state index contributed by atoms with van der Waals surface area (Å²) in [6.07, 6.45) is 0. The van der Waals surface area contributed by atoms with Gasteiger partial charge in [0.25, 0.3) is 5.91 Å². The van der Waals surface area contributed by atoms with E-state index in [0.29, 0.717) is 16.6 Å². The number of amides is 1. The van der Waals surface area contributed by atoms with Gasteiger partial charge in [-0.25, -0.2) is 4.98 Å². The van der Waals surface area contributed by atoms with E-state index >= 15 is 0 Å². The number of nitrogens with zero attached hydrogens (tertiary/aromatic N) is 2. The number of methoxy groups -OCH3 is 1. The predicted molar refractivity (Wildman–Crippen MR) is 115 cm³/mol. The van der Waals surface area contributed by atoms with Gasteiger partial charge in [-0.1, -0.05) is 0 Å². The second-order valence-corrected chi connectivity index (χ2v) is 7.27. The molecule has 1 heterocycles. The van der Waals surface area contributed by atoms with Crippen molar-refractivity contribution in [2.24, 2.45) is 10.7 Å². The molecule has 1 amide bonds. The number of benzene rings is 1. The number of thiazole rings is 1. The molecule has 0 spiro atoms. The number of nitrogens with one attached hydrogen (secondary N) is 2. The topological polar surface area (TPSA) is 119 Å². The van der Waals surface area contributed by atoms with Crippen LogP contribution < -0.4 is 16.4 Å². The Bertz CT molecular complexity index is 878. The van der Waals surface area contributed by atoms with Gasteiger partial charge in [0.05, 0.1) is 23.4 Å². The zero-order chi connectivity index (χ0) is 20.5. The van der Waals surface area contributed by atoms with E-state index in [4.69, 9.17) is 5.73 Å². The van der Waals surface area contributed by atoms with Crippen molar-refractivity contribution in [2.45, 2.75) is 6.92 Å². The van der Waals surface area contributed by atoms with Gasteiger partial charge in [-0.05, 0) is 37.9 Å². The minimum absolute atomic E-state index is 0.174. The van der Waals surface area contributed by atoms with Crippen molar-refractivity contribution in [3.8, 4) is 0 Å². The van der Waals surface area contributed by atoms with E-state index in [2.05, 4.69) is 32.1 Å². The van der Waals surface area contributed by atoms with Gasteiger partial charge >= 0.3 is 5.97 Å². The minimum atomic E-state index is -0.505. The van der Waals surface area contributed by atoms with Crippen LogP contribution in [-0.4, -0.2) is 43.1 Å². The number of hydrogen-bond donors (Lipinski definition) is 3. The summed E-state index contributed by atoms with van der Waals surface area (Å²) in [6.45, 7) is 5.24. The molecule has 0 fully saturated rings. The number of aromatic nitrogens is 1. The first-order chi connectivity index (χ1) is 13.5. The van der Waals surface area contributed by atoms with E-state index in [1.54, 1.807) is 24.3 Å². The van der Waals surface area contributed by atoms with E-state index in [0.717, 1.165) is 22.0 Å². The number of carbonyl (C=O) groups excluding carboxylic acids is 2. The fourth-order valence-corrected chi connectivity index (χ4v) is 3.60. The van der Waals surface area contributed by atoms with Crippen LogP contribution in [0.5, 0.6) is 0 Å². The van der Waals surface area contributed by atoms with Crippen LogP contribution in [-0.2, 0) is 9.53 Å². The molecule has 0 bridgehead atoms. The van der Waals surface area contributed by atoms with E-state index in [1.165, 1.54) is 30.2 Å². The highest BCUT2D eigenvalue weighted by molar-refractivity contribution is 8.08. The van der Waals surface area contributed by atoms with E-state index < -0.39 is 5.97 Å². The quantitative estimate of drug-likeness (QED) is 0.325. The molecule has 0 unspecified atom stereocenters. The normalized spacial score (nSPS) is 11.4. The first-order valence-corrected chi connectivity index (χ1v) is 10.0. The largest absolute Gasteiger partial charge is 0.468 e. The van der Waals surface area contributed by atoms with Crippen molar-refractivity contribution in [1.29, 1.82) is 0 Å². The fraction of sp³-hybridized carbons (Fsp3) is 0.222. The molecule has 2 rings (SSSR count). The third-order valence-corrected chi connectivity index (χ3v) is 5.27. The number of esters is 1. The number of thioether (sulfide) groups is 1. The number of nitrogens with two attached hydrogens (primary N) is 1. The highest BCUT2D eigenvalue weighted by atomic mass is 32.2. The number of ether oxygens (including phenoxy) is 1. The fourth-order valence-electron chi connectivity index (χ4n) is 2.11. The molecule has 0 aliphatic carbocycles. The highest BCUT2D eigenvalue weighted by Crippen LogP contribution is 2.33. The number of allylic oxidation sites excluding steroid dienone is 1. The van der Waals surface area contributed by atoms with Crippen LogP contribution in [0.2, 0.25) is 0 Å². The molecule has 0 saturated carbocycles. The first-order valence-electron chi connectivity index (χ1n) is 8.17. The molecule has 0 atom stereocenters. The zero-order valence-corrected chi connectivity index (χ0v) is 17.2. The standard InChI is InChI=1S/C18H21N5O3S2/c1-11(20-2)16(28-10-19)14-9-27-18(23-14)22-13-6-4-12(5-7-13)17(25)21-8-15(24)26-3/h4-7,9H,2,8,10,19H2,1,3H3,(H,21,25)(H,22,23)/b16-11-. The average Bonchev–Trinajstić information content (AvgIpc) is 3.17. The average molecular weight is 420 g/mol. The lowest BCUT2D eigenvalue weighted by molar-refractivity contribution is -0.139. The molecule has 1 aromatic heterocycles. The Morgan fingerprint density at radius 1 is 1.36 bits per heavy atom. The van der Waals surface area contributed by atoms with Crippen molar-refractivity contribution in [3.05, 3.63) is 46.6 Å². The van der Waals surface area contributed by atoms with Crippen LogP contribution in [0, 0.1) is 0 Å². The minimum Gasteiger partial charge on any atom is -0.468 e. The molecule has 2 aromatic rings. The molecule has 0 aliphatic heterocycles. The lowest BCUT2D eigenvalue weighted by Gasteiger charge is -2.06. The summed E-state index contributed by atoms with van der Waals surface area (Å²) in [5.41, 5.74) is 8.41. The van der Waals surface area contributed by atoms with Gasteiger partial charge in [-0.2, -0.15) is 0 Å². The van der Waals surface area contributed by atoms with Crippen LogP contribution in [0.4, 0.5) is 10.8 Å². The van der Waals surface area contributed by atoms with E-state index in [9.17, 15) is 9.59 Å². The second-order valence-electron chi connectivity index (χ2n) is 5.38. The van der Waals surface area contributed by atoms with Gasteiger partial charge in [0, 0.05) is 22.5 Å². The highest BCUT2D eigenvalue weighted by Gasteiger charge is 2.12. The number of rotatable bonds is 9. The molecular weight excluding hydrogens is 398 g/mol. The third-order valence-electron chi connectivity index (χ3n) is 3.55. The van der Waals surface area contributed by atoms with Crippen molar-refractivity contribution < 1.29 is 14.3 Å². The van der Waals surface area contributed by atoms with Crippen LogP contribution in [0.25, 0.3) is 4.91 Å². The Kier molecular flexibility index (Phi) is 8.18. The van der Waals surface area contributed by atoms with Crippen molar-refractivity contribution >= 4 is 57.4 Å². The molecule has 148 valence electrons. The molecule has 0 saturated heterocycles. The summed E-state index contributed by atoms with van der Waals surface area (Å²) >= 11 is 2.91. The maximum Gasteiger partial charge on any atom is 0.325 e. The van der Waals surface area contributed by atoms with Gasteiger partial charge in [0.2, 0.25) is 0 Å². The van der Waals surface area contributed by atoms with Gasteiger partial charge in [0.15, 0.2) is 5.13 Å². The second kappa shape index (κ2) is 10.6. The van der Waals surface area contributed by atoms with E-state index in [-0.39, 0.29) is 12.5 Å². The number of anilines is 2. The summed E-state index contributed by atoms with van der Waals surface area (Å²) < 4.78 is 4.49. The first kappa shape index (κ1) is 21.6. The number of carbonyl (C=O) groups is 2. The SMILES string of the molecule is C=N/C(C)=C(\SCN)c1csc(Nc2ccc(C(=O)NCC(=O)OC)cc2)n1. The third kappa shape index (κ3) is 5.91. The van der Waals surface area contributed by atoms with Crippen LogP contribution in [0.1, 0.15) is 23.0 Å². The molecular formula is C18H21N5O3S2. The molecule has 10 heteroatoms. The van der Waals surface area contributed by atoms with Crippen LogP contribution in [0.3, 0.4) is 0 Å². The van der Waals surface area contributed by atoms with Crippen LogP contribution in [0.15, 0.2) is 40.3 Å². The summed E-state index contributed by atoms with van der Waals surface area (Å²) in [5.74, 6) is -0.439. The van der Waals surface area contributed by atoms with Crippen molar-refractivity contribution in [2.75, 3.05) is 24.8 Å². The van der Waals surface area contributed by atoms with Crippen molar-refractivity contribution in [3.63, 3.8) is 0 Å². The van der Waals surface area contributed by atoms with Crippen LogP contribution >= 0.6 is 23.1 Å². The maximum absolute atomic E-state index is 12.0. The van der Waals surface area contributed by atoms with Gasteiger partial charge in [-0.3, -0.25) is 14.6 Å². The number of hydrogen-bond acceptors (Lipinski definition) is 9. The number of aliphatic imine (C=N–C) groups is 1. The molecule has 0 aliphatic rings. The van der Waals surface area contributed by atoms with Gasteiger partial charge in [0.1, 0.15) is 6.54 Å². The predicted octanol–water partition coefficient (Wildman–Crippen LogP) is 2.83. The summed E-state index contributed by atoms with van der Waals surface area (Å²) in [7, 11) is 1.27. The van der Waals surface area contributed by atoms with Gasteiger partial charge < -0.3 is 21.1 Å². The monoisotopic (exact) mass is 419 g/mol. The molecule has 4 N–H and O–H groups in total. The summed E-state index contributed by atoms with van der Waals surface area (Å²) in [4.78, 5) is 32.5. The Morgan fingerprint density at radius 2 is 2.07 bits per heavy atom. The van der Waals surface area contributed by atoms with Gasteiger partial charge in [-0.15, -0.1) is 23.1 Å². The zero-order valence-electron chi connectivity index (χ0n) is 15.5. The Hall–Kier alpha value is -2.69. The molecule has 1 aromatic carbocycles. The summed E-state index contributed by atoms with van der Waals surface area (Å²) in [5, 5.41) is 8.30. The molecule has 8 nitrogen and oxygen atoms in total. The smallest absolute Gasteiger partial charge is 0.325 e. The molecule has 0 radical (unpaired) electrons. The Balaban J connectivity index is 2.05. The van der Waals surface area contributed by atoms with E-state index in [1.807, 2.05) is 12.3 Å².